The Morgan fingerprint density at radius 2 is 1.76 bits per heavy atom. The van der Waals surface area contributed by atoms with Crippen LogP contribution in [0.1, 0.15) is 64.0 Å². The van der Waals surface area contributed by atoms with Crippen LogP contribution in [0.15, 0.2) is 12.1 Å². The lowest BCUT2D eigenvalue weighted by Gasteiger charge is -2.55. The second-order valence-corrected chi connectivity index (χ2v) is 8.16. The minimum absolute atomic E-state index is 0.0188. The van der Waals surface area contributed by atoms with Crippen molar-refractivity contribution in [2.45, 2.75) is 63.8 Å². The fraction of sp³-hybridized carbons (Fsp3) is 0.667. The molecule has 1 unspecified atom stereocenters. The van der Waals surface area contributed by atoms with Crippen LogP contribution in [-0.4, -0.2) is 38.0 Å². The minimum Gasteiger partial charge on any atom is -0.493 e. The zero-order chi connectivity index (χ0) is 18.2. The number of ketones is 1. The third-order valence-corrected chi connectivity index (χ3v) is 6.04. The van der Waals surface area contributed by atoms with Crippen LogP contribution < -0.4 is 9.47 Å². The molecule has 0 radical (unpaired) electrons. The Morgan fingerprint density at radius 1 is 1.12 bits per heavy atom. The van der Waals surface area contributed by atoms with Crippen molar-refractivity contribution in [3.8, 4) is 11.5 Å². The molecule has 1 aromatic rings. The number of carbonyl (C=O) groups excluding carboxylic acids is 1. The SMILES string of the molecule is CCCCC12CC(=O)CCN1CC(C)(C)c1cc(OC)c(OC)cc12. The van der Waals surface area contributed by atoms with Crippen LogP contribution in [0.25, 0.3) is 0 Å². The normalized spacial score (nSPS) is 25.2. The van der Waals surface area contributed by atoms with E-state index in [1.807, 2.05) is 0 Å². The van der Waals surface area contributed by atoms with E-state index >= 15 is 0 Å². The van der Waals surface area contributed by atoms with Crippen molar-refractivity contribution in [1.29, 1.82) is 0 Å². The largest absolute Gasteiger partial charge is 0.493 e. The number of piperidine rings is 1. The molecule has 0 bridgehead atoms. The van der Waals surface area contributed by atoms with E-state index in [1.54, 1.807) is 14.2 Å². The molecule has 0 spiro atoms. The number of hydrogen-bond acceptors (Lipinski definition) is 4. The molecule has 2 aliphatic heterocycles. The van der Waals surface area contributed by atoms with E-state index in [9.17, 15) is 4.79 Å². The highest BCUT2D eigenvalue weighted by atomic mass is 16.5. The van der Waals surface area contributed by atoms with Crippen molar-refractivity contribution >= 4 is 5.78 Å². The molecule has 0 amide bonds. The molecular weight excluding hydrogens is 314 g/mol. The van der Waals surface area contributed by atoms with Gasteiger partial charge in [-0.1, -0.05) is 33.6 Å². The van der Waals surface area contributed by atoms with Gasteiger partial charge < -0.3 is 9.47 Å². The molecule has 1 saturated heterocycles. The molecule has 1 aromatic carbocycles. The van der Waals surface area contributed by atoms with Gasteiger partial charge in [0.2, 0.25) is 0 Å². The van der Waals surface area contributed by atoms with Crippen molar-refractivity contribution in [3.05, 3.63) is 23.3 Å². The van der Waals surface area contributed by atoms with Crippen LogP contribution in [-0.2, 0) is 15.7 Å². The number of carbonyl (C=O) groups is 1. The minimum atomic E-state index is -0.185. The van der Waals surface area contributed by atoms with Gasteiger partial charge in [0.1, 0.15) is 5.78 Å². The molecule has 138 valence electrons. The molecule has 4 heteroatoms. The summed E-state index contributed by atoms with van der Waals surface area (Å²) < 4.78 is 11.2. The Hall–Kier alpha value is -1.55. The van der Waals surface area contributed by atoms with E-state index in [2.05, 4.69) is 37.8 Å². The summed E-state index contributed by atoms with van der Waals surface area (Å²) in [6.07, 6.45) is 4.57. The maximum atomic E-state index is 12.5. The Morgan fingerprint density at radius 3 is 2.36 bits per heavy atom. The Labute approximate surface area is 151 Å². The first kappa shape index (κ1) is 18.2. The maximum Gasteiger partial charge on any atom is 0.161 e. The number of methoxy groups -OCH3 is 2. The van der Waals surface area contributed by atoms with Crippen molar-refractivity contribution in [2.75, 3.05) is 27.3 Å². The lowest BCUT2D eigenvalue weighted by molar-refractivity contribution is -0.129. The third-order valence-electron chi connectivity index (χ3n) is 6.04. The molecule has 2 aliphatic rings. The summed E-state index contributed by atoms with van der Waals surface area (Å²) in [5.74, 6) is 1.91. The molecule has 25 heavy (non-hydrogen) atoms. The molecule has 4 nitrogen and oxygen atoms in total. The van der Waals surface area contributed by atoms with Crippen LogP contribution in [0.2, 0.25) is 0 Å². The van der Waals surface area contributed by atoms with E-state index < -0.39 is 0 Å². The van der Waals surface area contributed by atoms with E-state index in [1.165, 1.54) is 11.1 Å². The number of fused-ring (bicyclic) bond motifs is 3. The second-order valence-electron chi connectivity index (χ2n) is 8.16. The van der Waals surface area contributed by atoms with Gasteiger partial charge in [-0.25, -0.2) is 0 Å². The maximum absolute atomic E-state index is 12.5. The summed E-state index contributed by atoms with van der Waals surface area (Å²) in [7, 11) is 3.37. The van der Waals surface area contributed by atoms with E-state index in [-0.39, 0.29) is 11.0 Å². The lowest BCUT2D eigenvalue weighted by Crippen LogP contribution is -2.59. The molecule has 3 rings (SSSR count). The summed E-state index contributed by atoms with van der Waals surface area (Å²) in [6.45, 7) is 8.63. The first-order chi connectivity index (χ1) is 11.9. The summed E-state index contributed by atoms with van der Waals surface area (Å²) in [4.78, 5) is 15.0. The molecule has 0 N–H and O–H groups in total. The fourth-order valence-electron chi connectivity index (χ4n) is 4.73. The average Bonchev–Trinajstić information content (AvgIpc) is 2.59. The number of Topliss-reactive ketones (excluding diaryl/α,β-unsaturated/α-hetero) is 1. The van der Waals surface area contributed by atoms with Gasteiger partial charge in [-0.3, -0.25) is 9.69 Å². The Kier molecular flexibility index (Phi) is 4.84. The monoisotopic (exact) mass is 345 g/mol. The topological polar surface area (TPSA) is 38.8 Å². The summed E-state index contributed by atoms with van der Waals surface area (Å²) in [5.41, 5.74) is 2.40. The van der Waals surface area contributed by atoms with Crippen molar-refractivity contribution in [3.63, 3.8) is 0 Å². The van der Waals surface area contributed by atoms with Gasteiger partial charge >= 0.3 is 0 Å². The smallest absolute Gasteiger partial charge is 0.161 e. The lowest BCUT2D eigenvalue weighted by atomic mass is 9.65. The van der Waals surface area contributed by atoms with E-state index in [0.717, 1.165) is 43.9 Å². The third kappa shape index (κ3) is 2.95. The van der Waals surface area contributed by atoms with Gasteiger partial charge in [0, 0.05) is 31.3 Å². The van der Waals surface area contributed by atoms with Crippen molar-refractivity contribution in [2.24, 2.45) is 0 Å². The van der Waals surface area contributed by atoms with Crippen molar-refractivity contribution < 1.29 is 14.3 Å². The molecule has 1 atom stereocenters. The number of unbranched alkanes of at least 4 members (excludes halogenated alkanes) is 1. The number of hydrogen-bond donors (Lipinski definition) is 0. The Bertz CT molecular complexity index is 667. The van der Waals surface area contributed by atoms with Crippen LogP contribution in [0, 0.1) is 0 Å². The van der Waals surface area contributed by atoms with Gasteiger partial charge in [0.05, 0.1) is 19.8 Å². The van der Waals surface area contributed by atoms with Crippen LogP contribution in [0.3, 0.4) is 0 Å². The fourth-order valence-corrected chi connectivity index (χ4v) is 4.73. The first-order valence-corrected chi connectivity index (χ1v) is 9.41. The van der Waals surface area contributed by atoms with Gasteiger partial charge in [0.25, 0.3) is 0 Å². The van der Waals surface area contributed by atoms with Crippen LogP contribution >= 0.6 is 0 Å². The highest BCUT2D eigenvalue weighted by Crippen LogP contribution is 2.52. The molecule has 0 aliphatic carbocycles. The molecule has 0 saturated carbocycles. The predicted octanol–water partition coefficient (Wildman–Crippen LogP) is 4.05. The predicted molar refractivity (Wildman–Crippen MR) is 99.6 cm³/mol. The van der Waals surface area contributed by atoms with Gasteiger partial charge in [-0.05, 0) is 29.7 Å². The molecule has 2 heterocycles. The molecular formula is C21H31NO3. The highest BCUT2D eigenvalue weighted by molar-refractivity contribution is 5.81. The number of rotatable bonds is 5. The van der Waals surface area contributed by atoms with Gasteiger partial charge in [0.15, 0.2) is 11.5 Å². The van der Waals surface area contributed by atoms with Crippen LogP contribution in [0.4, 0.5) is 0 Å². The molecule has 1 fully saturated rings. The standard InChI is InChI=1S/C21H31NO3/c1-6-7-9-21-13-15(23)8-10-22(21)14-20(2,3)16-11-18(24-4)19(25-5)12-17(16)21/h11-12H,6-10,13-14H2,1-5H3. The summed E-state index contributed by atoms with van der Waals surface area (Å²) in [6, 6.07) is 4.27. The summed E-state index contributed by atoms with van der Waals surface area (Å²) >= 11 is 0. The highest BCUT2D eigenvalue weighted by Gasteiger charge is 2.50. The number of ether oxygens (including phenoxy) is 2. The average molecular weight is 345 g/mol. The van der Waals surface area contributed by atoms with Crippen molar-refractivity contribution in [1.82, 2.24) is 4.90 Å². The number of benzene rings is 1. The Balaban J connectivity index is 2.23. The zero-order valence-corrected chi connectivity index (χ0v) is 16.3. The van der Waals surface area contributed by atoms with Crippen LogP contribution in [0.5, 0.6) is 11.5 Å². The van der Waals surface area contributed by atoms with Gasteiger partial charge in [-0.15, -0.1) is 0 Å². The number of nitrogens with zero attached hydrogens (tertiary/aromatic N) is 1. The summed E-state index contributed by atoms with van der Waals surface area (Å²) in [5, 5.41) is 0. The molecule has 0 aromatic heterocycles. The zero-order valence-electron chi connectivity index (χ0n) is 16.3. The van der Waals surface area contributed by atoms with E-state index in [0.29, 0.717) is 18.6 Å². The quantitative estimate of drug-likeness (QED) is 0.807. The first-order valence-electron chi connectivity index (χ1n) is 9.41. The van der Waals surface area contributed by atoms with Gasteiger partial charge in [-0.2, -0.15) is 0 Å². The van der Waals surface area contributed by atoms with E-state index in [4.69, 9.17) is 9.47 Å². The second kappa shape index (κ2) is 6.64.